The van der Waals surface area contributed by atoms with Gasteiger partial charge in [0.1, 0.15) is 0 Å². The maximum absolute atomic E-state index is 10.6. The number of hydrogen-bond donors (Lipinski definition) is 1. The summed E-state index contributed by atoms with van der Waals surface area (Å²) in [6.07, 6.45) is 2.41. The smallest absolute Gasteiger partial charge is 0.404 e. The number of hydrogen-bond acceptors (Lipinski definition) is 2. The van der Waals surface area contributed by atoms with Crippen molar-refractivity contribution in [1.29, 1.82) is 0 Å². The molecule has 0 bridgehead atoms. The predicted octanol–water partition coefficient (Wildman–Crippen LogP) is 4.09. The third-order valence-corrected chi connectivity index (χ3v) is 4.65. The van der Waals surface area contributed by atoms with Gasteiger partial charge in [0.2, 0.25) is 0 Å². The van der Waals surface area contributed by atoms with Gasteiger partial charge in [-0.2, -0.15) is 0 Å². The van der Waals surface area contributed by atoms with Crippen LogP contribution in [0.15, 0.2) is 22.7 Å². The molecule has 0 radical (unpaired) electrons. The van der Waals surface area contributed by atoms with Crippen molar-refractivity contribution in [1.82, 2.24) is 0 Å². The molecule has 0 heterocycles. The van der Waals surface area contributed by atoms with Crippen molar-refractivity contribution in [3.63, 3.8) is 0 Å². The third-order valence-electron chi connectivity index (χ3n) is 3.99. The average Bonchev–Trinajstić information content (AvgIpc) is 2.31. The van der Waals surface area contributed by atoms with Gasteiger partial charge >= 0.3 is 6.09 Å². The summed E-state index contributed by atoms with van der Waals surface area (Å²) in [5.41, 5.74) is 7.96. The molecule has 1 aliphatic carbocycles. The van der Waals surface area contributed by atoms with E-state index in [1.807, 2.05) is 0 Å². The number of ether oxygens (including phenoxy) is 1. The first-order valence-electron chi connectivity index (χ1n) is 6.63. The van der Waals surface area contributed by atoms with E-state index < -0.39 is 6.09 Å². The van der Waals surface area contributed by atoms with E-state index in [0.717, 1.165) is 19.3 Å². The number of carbonyl (C=O) groups is 1. The van der Waals surface area contributed by atoms with E-state index in [-0.39, 0.29) is 5.41 Å². The molecule has 19 heavy (non-hydrogen) atoms. The number of primary amides is 1. The van der Waals surface area contributed by atoms with E-state index in [1.54, 1.807) is 0 Å². The van der Waals surface area contributed by atoms with Crippen LogP contribution in [0.1, 0.15) is 50.2 Å². The van der Waals surface area contributed by atoms with E-state index in [4.69, 9.17) is 10.5 Å². The van der Waals surface area contributed by atoms with Gasteiger partial charge in [-0.15, -0.1) is 0 Å². The van der Waals surface area contributed by atoms with Crippen LogP contribution in [0.3, 0.4) is 0 Å². The summed E-state index contributed by atoms with van der Waals surface area (Å²) in [5.74, 6) is 0.444. The Morgan fingerprint density at radius 2 is 2.26 bits per heavy atom. The van der Waals surface area contributed by atoms with Gasteiger partial charge in [0.05, 0.1) is 6.61 Å². The van der Waals surface area contributed by atoms with E-state index in [1.165, 1.54) is 15.6 Å². The number of halogens is 1. The topological polar surface area (TPSA) is 52.3 Å². The lowest BCUT2D eigenvalue weighted by molar-refractivity contribution is 0.151. The highest BCUT2D eigenvalue weighted by molar-refractivity contribution is 9.10. The van der Waals surface area contributed by atoms with E-state index in [9.17, 15) is 4.79 Å². The van der Waals surface area contributed by atoms with E-state index in [0.29, 0.717) is 12.5 Å². The van der Waals surface area contributed by atoms with Gasteiger partial charge in [-0.25, -0.2) is 4.79 Å². The predicted molar refractivity (Wildman–Crippen MR) is 79.3 cm³/mol. The lowest BCUT2D eigenvalue weighted by Crippen LogP contribution is -2.27. The van der Waals surface area contributed by atoms with E-state index in [2.05, 4.69) is 48.0 Å². The molecule has 1 aromatic carbocycles. The molecule has 0 spiro atoms. The summed E-state index contributed by atoms with van der Waals surface area (Å²) < 4.78 is 6.05. The van der Waals surface area contributed by atoms with Crippen molar-refractivity contribution in [3.8, 4) is 0 Å². The molecule has 1 amide bonds. The number of fused-ring (bicyclic) bond motifs is 1. The molecule has 104 valence electrons. The van der Waals surface area contributed by atoms with Gasteiger partial charge in [0.25, 0.3) is 0 Å². The van der Waals surface area contributed by atoms with Crippen molar-refractivity contribution in [2.75, 3.05) is 6.61 Å². The summed E-state index contributed by atoms with van der Waals surface area (Å²) in [6.45, 7) is 4.96. The molecule has 0 fully saturated rings. The van der Waals surface area contributed by atoms with Gasteiger partial charge in [0.15, 0.2) is 0 Å². The normalized spacial score (nSPS) is 20.7. The first-order valence-corrected chi connectivity index (χ1v) is 7.42. The summed E-state index contributed by atoms with van der Waals surface area (Å²) in [6, 6.07) is 6.37. The summed E-state index contributed by atoms with van der Waals surface area (Å²) >= 11 is 3.67. The van der Waals surface area contributed by atoms with Crippen molar-refractivity contribution in [2.24, 2.45) is 5.73 Å². The zero-order chi connectivity index (χ0) is 14.0. The summed E-state index contributed by atoms with van der Waals surface area (Å²) in [5, 5.41) is 0. The van der Waals surface area contributed by atoms with Crippen LogP contribution >= 0.6 is 15.9 Å². The zero-order valence-electron chi connectivity index (χ0n) is 11.4. The van der Waals surface area contributed by atoms with E-state index >= 15 is 0 Å². The lowest BCUT2D eigenvalue weighted by Gasteiger charge is -2.38. The van der Waals surface area contributed by atoms with Crippen LogP contribution in [-0.2, 0) is 10.2 Å². The highest BCUT2D eigenvalue weighted by Gasteiger charge is 2.33. The van der Waals surface area contributed by atoms with Crippen LogP contribution in [0.4, 0.5) is 4.79 Å². The average molecular weight is 326 g/mol. The molecule has 1 unspecified atom stereocenters. The van der Waals surface area contributed by atoms with Crippen molar-refractivity contribution in [3.05, 3.63) is 33.8 Å². The maximum Gasteiger partial charge on any atom is 0.404 e. The summed E-state index contributed by atoms with van der Waals surface area (Å²) in [4.78, 5) is 10.6. The Morgan fingerprint density at radius 1 is 1.53 bits per heavy atom. The molecule has 2 N–H and O–H groups in total. The van der Waals surface area contributed by atoms with Crippen LogP contribution in [0.2, 0.25) is 0 Å². The SMILES string of the molecule is CC1(C)CCC(CCOC(N)=O)c2cccc(Br)c21. The minimum absolute atomic E-state index is 0.191. The highest BCUT2D eigenvalue weighted by Crippen LogP contribution is 2.46. The largest absolute Gasteiger partial charge is 0.450 e. The van der Waals surface area contributed by atoms with Crippen molar-refractivity contribution < 1.29 is 9.53 Å². The molecule has 0 aliphatic heterocycles. The Hall–Kier alpha value is -1.03. The van der Waals surface area contributed by atoms with Gasteiger partial charge in [-0.3, -0.25) is 0 Å². The highest BCUT2D eigenvalue weighted by atomic mass is 79.9. The Morgan fingerprint density at radius 3 is 2.95 bits per heavy atom. The maximum atomic E-state index is 10.6. The second-order valence-corrected chi connectivity index (χ2v) is 6.63. The number of benzene rings is 1. The molecule has 1 aliphatic rings. The molecule has 0 aromatic heterocycles. The zero-order valence-corrected chi connectivity index (χ0v) is 13.0. The van der Waals surface area contributed by atoms with Crippen LogP contribution < -0.4 is 5.73 Å². The molecule has 0 saturated carbocycles. The van der Waals surface area contributed by atoms with Crippen molar-refractivity contribution >= 4 is 22.0 Å². The molecule has 2 rings (SSSR count). The molecule has 3 nitrogen and oxygen atoms in total. The Balaban J connectivity index is 2.22. The lowest BCUT2D eigenvalue weighted by atomic mass is 9.68. The quantitative estimate of drug-likeness (QED) is 0.909. The van der Waals surface area contributed by atoms with Gasteiger partial charge in [-0.05, 0) is 47.8 Å². The molecule has 1 atom stereocenters. The first kappa shape index (κ1) is 14.4. The monoisotopic (exact) mass is 325 g/mol. The van der Waals surface area contributed by atoms with Gasteiger partial charge in [0, 0.05) is 4.47 Å². The number of rotatable bonds is 3. The molecular formula is C15H20BrNO2. The number of carbonyl (C=O) groups excluding carboxylic acids is 1. The fourth-order valence-electron chi connectivity index (χ4n) is 3.01. The number of amides is 1. The third kappa shape index (κ3) is 3.11. The fraction of sp³-hybridized carbons (Fsp3) is 0.533. The second-order valence-electron chi connectivity index (χ2n) is 5.78. The fourth-order valence-corrected chi connectivity index (χ4v) is 3.93. The molecule has 0 saturated heterocycles. The first-order chi connectivity index (χ1) is 8.92. The Labute approximate surface area is 122 Å². The Bertz CT molecular complexity index is 485. The number of nitrogens with two attached hydrogens (primary N) is 1. The van der Waals surface area contributed by atoms with Gasteiger partial charge in [-0.1, -0.05) is 41.9 Å². The summed E-state index contributed by atoms with van der Waals surface area (Å²) in [7, 11) is 0. The van der Waals surface area contributed by atoms with Crippen LogP contribution in [0, 0.1) is 0 Å². The van der Waals surface area contributed by atoms with Crippen LogP contribution in [0.25, 0.3) is 0 Å². The minimum Gasteiger partial charge on any atom is -0.450 e. The minimum atomic E-state index is -0.689. The Kier molecular flexibility index (Phi) is 4.19. The van der Waals surface area contributed by atoms with Crippen LogP contribution in [-0.4, -0.2) is 12.7 Å². The molecular weight excluding hydrogens is 306 g/mol. The van der Waals surface area contributed by atoms with Crippen LogP contribution in [0.5, 0.6) is 0 Å². The second kappa shape index (κ2) is 5.53. The standard InChI is InChI=1S/C15H20BrNO2/c1-15(2)8-6-10(7-9-19-14(17)18)11-4-3-5-12(16)13(11)15/h3-5,10H,6-9H2,1-2H3,(H2,17,18). The van der Waals surface area contributed by atoms with Gasteiger partial charge < -0.3 is 10.5 Å². The molecule has 4 heteroatoms. The molecule has 1 aromatic rings. The van der Waals surface area contributed by atoms with Crippen molar-refractivity contribution in [2.45, 2.75) is 44.4 Å².